The molecule has 0 aliphatic carbocycles. The molecule has 0 aromatic heterocycles. The number of rotatable bonds is 6. The Bertz CT molecular complexity index is 659. The number of aliphatic hydroxyl groups is 1. The summed E-state index contributed by atoms with van der Waals surface area (Å²) in [5.41, 5.74) is 2.53. The molecule has 2 atom stereocenters. The number of hydrogen-bond acceptors (Lipinski definition) is 3. The normalized spacial score (nSPS) is 13.0. The van der Waals surface area contributed by atoms with E-state index < -0.39 is 6.10 Å². The van der Waals surface area contributed by atoms with Gasteiger partial charge in [-0.25, -0.2) is 4.79 Å². The van der Waals surface area contributed by atoms with Crippen molar-refractivity contribution in [3.8, 4) is 0 Å². The maximum Gasteiger partial charge on any atom is 0.319 e. The molecule has 0 aliphatic heterocycles. The average Bonchev–Trinajstić information content (AvgIpc) is 2.55. The second kappa shape index (κ2) is 8.36. The first-order valence-corrected chi connectivity index (χ1v) is 8.04. The zero-order chi connectivity index (χ0) is 17.5. The highest BCUT2D eigenvalue weighted by atomic mass is 16.3. The number of benzene rings is 2. The average molecular weight is 327 g/mol. The number of anilines is 2. The van der Waals surface area contributed by atoms with Crippen LogP contribution in [-0.2, 0) is 0 Å². The standard InChI is InChI=1S/C19H25N3O2/c1-14(13-18(23)15-9-5-4-6-10-15)20-19(24)21-16-11-7-8-12-17(16)22(2)3/h4-12,14,18,23H,13H2,1-3H3,(H2,20,21,24)/t14-,18+/m0/s1. The Hall–Kier alpha value is -2.53. The molecule has 0 saturated carbocycles. The van der Waals surface area contributed by atoms with Gasteiger partial charge in [0.05, 0.1) is 17.5 Å². The quantitative estimate of drug-likeness (QED) is 0.762. The summed E-state index contributed by atoms with van der Waals surface area (Å²) in [6.07, 6.45) is -0.150. The molecular weight excluding hydrogens is 302 g/mol. The number of hydrogen-bond donors (Lipinski definition) is 3. The van der Waals surface area contributed by atoms with Gasteiger partial charge in [-0.3, -0.25) is 0 Å². The van der Waals surface area contributed by atoms with Crippen LogP contribution in [0.25, 0.3) is 0 Å². The molecule has 0 unspecified atom stereocenters. The third-order valence-corrected chi connectivity index (χ3v) is 3.77. The number of carbonyl (C=O) groups excluding carboxylic acids is 1. The van der Waals surface area contributed by atoms with Gasteiger partial charge in [-0.05, 0) is 31.0 Å². The van der Waals surface area contributed by atoms with Crippen LogP contribution >= 0.6 is 0 Å². The Morgan fingerprint density at radius 1 is 1.08 bits per heavy atom. The predicted molar refractivity (Wildman–Crippen MR) is 98.4 cm³/mol. The van der Waals surface area contributed by atoms with E-state index in [-0.39, 0.29) is 12.1 Å². The van der Waals surface area contributed by atoms with E-state index in [9.17, 15) is 9.90 Å². The van der Waals surface area contributed by atoms with Crippen LogP contribution in [0.3, 0.4) is 0 Å². The molecule has 2 aromatic carbocycles. The van der Waals surface area contributed by atoms with Gasteiger partial charge < -0.3 is 20.6 Å². The summed E-state index contributed by atoms with van der Waals surface area (Å²) in [5.74, 6) is 0. The zero-order valence-corrected chi connectivity index (χ0v) is 14.4. The van der Waals surface area contributed by atoms with Crippen molar-refractivity contribution >= 4 is 17.4 Å². The van der Waals surface area contributed by atoms with Crippen LogP contribution in [0.1, 0.15) is 25.0 Å². The first-order valence-electron chi connectivity index (χ1n) is 8.04. The summed E-state index contributed by atoms with van der Waals surface area (Å²) < 4.78 is 0. The van der Waals surface area contributed by atoms with E-state index in [2.05, 4.69) is 10.6 Å². The van der Waals surface area contributed by atoms with Crippen molar-refractivity contribution in [2.45, 2.75) is 25.5 Å². The van der Waals surface area contributed by atoms with E-state index in [0.29, 0.717) is 6.42 Å². The monoisotopic (exact) mass is 327 g/mol. The molecule has 0 fully saturated rings. The lowest BCUT2D eigenvalue weighted by Gasteiger charge is -2.21. The lowest BCUT2D eigenvalue weighted by molar-refractivity contribution is 0.155. The summed E-state index contributed by atoms with van der Waals surface area (Å²) >= 11 is 0. The van der Waals surface area contributed by atoms with E-state index in [4.69, 9.17) is 0 Å². The van der Waals surface area contributed by atoms with Crippen LogP contribution < -0.4 is 15.5 Å². The fourth-order valence-corrected chi connectivity index (χ4v) is 2.56. The van der Waals surface area contributed by atoms with Crippen molar-refractivity contribution in [3.63, 3.8) is 0 Å². The topological polar surface area (TPSA) is 64.6 Å². The number of aliphatic hydroxyl groups excluding tert-OH is 1. The molecule has 24 heavy (non-hydrogen) atoms. The number of carbonyl (C=O) groups is 1. The largest absolute Gasteiger partial charge is 0.388 e. The minimum absolute atomic E-state index is 0.160. The Balaban J connectivity index is 1.90. The second-order valence-corrected chi connectivity index (χ2v) is 6.07. The fourth-order valence-electron chi connectivity index (χ4n) is 2.56. The van der Waals surface area contributed by atoms with Crippen LogP contribution in [0.15, 0.2) is 54.6 Å². The molecule has 2 amide bonds. The highest BCUT2D eigenvalue weighted by Gasteiger charge is 2.15. The highest BCUT2D eigenvalue weighted by molar-refractivity contribution is 5.93. The van der Waals surface area contributed by atoms with Crippen LogP contribution in [0.4, 0.5) is 16.2 Å². The molecule has 0 heterocycles. The lowest BCUT2D eigenvalue weighted by atomic mass is 10.0. The zero-order valence-electron chi connectivity index (χ0n) is 14.4. The molecule has 2 aromatic rings. The molecule has 0 spiro atoms. The predicted octanol–water partition coefficient (Wildman–Crippen LogP) is 3.39. The second-order valence-electron chi connectivity index (χ2n) is 6.07. The van der Waals surface area contributed by atoms with Crippen molar-refractivity contribution in [2.24, 2.45) is 0 Å². The molecule has 5 nitrogen and oxygen atoms in total. The smallest absolute Gasteiger partial charge is 0.319 e. The third-order valence-electron chi connectivity index (χ3n) is 3.77. The van der Waals surface area contributed by atoms with Crippen molar-refractivity contribution in [1.82, 2.24) is 5.32 Å². The number of nitrogens with one attached hydrogen (secondary N) is 2. The molecule has 128 valence electrons. The molecule has 2 rings (SSSR count). The first-order chi connectivity index (χ1) is 11.5. The van der Waals surface area contributed by atoms with Gasteiger partial charge >= 0.3 is 6.03 Å². The SMILES string of the molecule is C[C@@H](C[C@@H](O)c1ccccc1)NC(=O)Nc1ccccc1N(C)C. The van der Waals surface area contributed by atoms with Crippen LogP contribution in [0, 0.1) is 0 Å². The van der Waals surface area contributed by atoms with Crippen molar-refractivity contribution in [1.29, 1.82) is 0 Å². The van der Waals surface area contributed by atoms with Gasteiger partial charge in [-0.1, -0.05) is 42.5 Å². The number of para-hydroxylation sites is 2. The fraction of sp³-hybridized carbons (Fsp3) is 0.316. The summed E-state index contributed by atoms with van der Waals surface area (Å²) in [6, 6.07) is 16.6. The van der Waals surface area contributed by atoms with E-state index in [1.807, 2.05) is 80.5 Å². The van der Waals surface area contributed by atoms with Crippen molar-refractivity contribution in [3.05, 3.63) is 60.2 Å². The van der Waals surface area contributed by atoms with Gasteiger partial charge in [-0.2, -0.15) is 0 Å². The van der Waals surface area contributed by atoms with Gasteiger partial charge in [-0.15, -0.1) is 0 Å². The highest BCUT2D eigenvalue weighted by Crippen LogP contribution is 2.23. The molecule has 0 aliphatic rings. The Morgan fingerprint density at radius 3 is 2.38 bits per heavy atom. The first kappa shape index (κ1) is 17.8. The van der Waals surface area contributed by atoms with Gasteiger partial charge in [0.25, 0.3) is 0 Å². The van der Waals surface area contributed by atoms with Crippen molar-refractivity contribution < 1.29 is 9.90 Å². The maximum atomic E-state index is 12.2. The van der Waals surface area contributed by atoms with E-state index in [1.54, 1.807) is 0 Å². The summed E-state index contributed by atoms with van der Waals surface area (Å²) in [6.45, 7) is 1.88. The Labute approximate surface area is 143 Å². The van der Waals surface area contributed by atoms with E-state index in [1.165, 1.54) is 0 Å². The maximum absolute atomic E-state index is 12.2. The molecule has 0 saturated heterocycles. The van der Waals surface area contributed by atoms with Gasteiger partial charge in [0.2, 0.25) is 0 Å². The number of nitrogens with zero attached hydrogens (tertiary/aromatic N) is 1. The van der Waals surface area contributed by atoms with Gasteiger partial charge in [0.15, 0.2) is 0 Å². The summed E-state index contributed by atoms with van der Waals surface area (Å²) in [7, 11) is 3.86. The summed E-state index contributed by atoms with van der Waals surface area (Å²) in [4.78, 5) is 14.1. The molecule has 5 heteroatoms. The van der Waals surface area contributed by atoms with Gasteiger partial charge in [0, 0.05) is 20.1 Å². The third kappa shape index (κ3) is 4.99. The van der Waals surface area contributed by atoms with Crippen LogP contribution in [0.2, 0.25) is 0 Å². The number of amides is 2. The number of urea groups is 1. The van der Waals surface area contributed by atoms with Crippen molar-refractivity contribution in [2.75, 3.05) is 24.3 Å². The lowest BCUT2D eigenvalue weighted by Crippen LogP contribution is -2.37. The Kier molecular flexibility index (Phi) is 6.21. The van der Waals surface area contributed by atoms with Gasteiger partial charge in [0.1, 0.15) is 0 Å². The van der Waals surface area contributed by atoms with E-state index >= 15 is 0 Å². The Morgan fingerprint density at radius 2 is 1.71 bits per heavy atom. The van der Waals surface area contributed by atoms with Crippen LogP contribution in [-0.4, -0.2) is 31.3 Å². The molecule has 3 N–H and O–H groups in total. The van der Waals surface area contributed by atoms with E-state index in [0.717, 1.165) is 16.9 Å². The minimum atomic E-state index is -0.601. The minimum Gasteiger partial charge on any atom is -0.388 e. The summed E-state index contributed by atoms with van der Waals surface area (Å²) in [5, 5.41) is 16.0. The molecule has 0 bridgehead atoms. The van der Waals surface area contributed by atoms with Crippen LogP contribution in [0.5, 0.6) is 0 Å². The molecule has 0 radical (unpaired) electrons. The molecular formula is C19H25N3O2.